The molecular weight excluding hydrogens is 528 g/mol. The van der Waals surface area contributed by atoms with Gasteiger partial charge in [-0.05, 0) is 139 Å². The van der Waals surface area contributed by atoms with Crippen molar-refractivity contribution in [2.75, 3.05) is 0 Å². The first-order valence-corrected chi connectivity index (χ1v) is 16.2. The van der Waals surface area contributed by atoms with Gasteiger partial charge in [-0.25, -0.2) is 0 Å². The molecule has 4 aliphatic rings. The van der Waals surface area contributed by atoms with Gasteiger partial charge in [0.05, 0.1) is 5.57 Å². The molecule has 6 rings (SSSR count). The van der Waals surface area contributed by atoms with Gasteiger partial charge in [-0.3, -0.25) is 4.79 Å². The van der Waals surface area contributed by atoms with Crippen molar-refractivity contribution in [3.8, 4) is 0 Å². The first-order chi connectivity index (χ1) is 20.3. The van der Waals surface area contributed by atoms with E-state index in [2.05, 4.69) is 62.9 Å². The number of allylic oxidation sites excluding steroid dienone is 3. The summed E-state index contributed by atoms with van der Waals surface area (Å²) in [6.07, 6.45) is 9.24. The van der Waals surface area contributed by atoms with Crippen molar-refractivity contribution in [2.45, 2.75) is 98.0 Å². The third kappa shape index (κ3) is 4.62. The standard InChI is InChI=1S/C40H48O3/c1-24-32(20-31-15-13-30(14-16-31)19-29-11-9-8-10-12-29)17-18-33-21-38(6)23-39(7)22-34(42)36(28(5)41)26(3)40(39,43)27(4)37(38)25(2)35(24)33/h8-12,17-18,30-31,42-43H,2-3,13-16,19-23H2,1,4-7H3/t30?,31?,38-,39+,40+/m1/s1. The summed E-state index contributed by atoms with van der Waals surface area (Å²) < 4.78 is 0. The van der Waals surface area contributed by atoms with Gasteiger partial charge < -0.3 is 10.2 Å². The average Bonchev–Trinajstić information content (AvgIpc) is 2.93. The van der Waals surface area contributed by atoms with Gasteiger partial charge in [-0.1, -0.05) is 69.5 Å². The molecule has 43 heavy (non-hydrogen) atoms. The van der Waals surface area contributed by atoms with E-state index in [0.29, 0.717) is 17.9 Å². The van der Waals surface area contributed by atoms with Crippen molar-refractivity contribution < 1.29 is 15.0 Å². The van der Waals surface area contributed by atoms with Crippen LogP contribution in [0.2, 0.25) is 0 Å². The third-order valence-electron chi connectivity index (χ3n) is 11.8. The summed E-state index contributed by atoms with van der Waals surface area (Å²) in [5, 5.41) is 23.4. The molecule has 1 saturated carbocycles. The number of ketones is 1. The molecule has 3 heteroatoms. The van der Waals surface area contributed by atoms with Crippen LogP contribution in [0.5, 0.6) is 0 Å². The van der Waals surface area contributed by atoms with Gasteiger partial charge in [0, 0.05) is 11.8 Å². The number of aliphatic hydroxyl groups is 2. The predicted octanol–water partition coefficient (Wildman–Crippen LogP) is 8.98. The highest BCUT2D eigenvalue weighted by atomic mass is 16.3. The lowest BCUT2D eigenvalue weighted by Gasteiger charge is -2.60. The van der Waals surface area contributed by atoms with E-state index in [9.17, 15) is 15.0 Å². The maximum absolute atomic E-state index is 12.5. The molecule has 1 fully saturated rings. The van der Waals surface area contributed by atoms with E-state index in [1.54, 1.807) is 0 Å². The molecule has 0 unspecified atom stereocenters. The van der Waals surface area contributed by atoms with Crippen molar-refractivity contribution >= 4 is 11.4 Å². The molecule has 0 saturated heterocycles. The summed E-state index contributed by atoms with van der Waals surface area (Å²) >= 11 is 0. The molecule has 0 heterocycles. The van der Waals surface area contributed by atoms with E-state index >= 15 is 0 Å². The molecule has 226 valence electrons. The molecule has 0 radical (unpaired) electrons. The molecule has 2 aromatic rings. The topological polar surface area (TPSA) is 57.5 Å². The Hall–Kier alpha value is -3.17. The Morgan fingerprint density at radius 1 is 0.930 bits per heavy atom. The van der Waals surface area contributed by atoms with Gasteiger partial charge in [0.1, 0.15) is 11.4 Å². The maximum atomic E-state index is 12.5. The van der Waals surface area contributed by atoms with Crippen LogP contribution in [0.3, 0.4) is 0 Å². The maximum Gasteiger partial charge on any atom is 0.163 e. The molecule has 0 aromatic heterocycles. The summed E-state index contributed by atoms with van der Waals surface area (Å²) in [5.74, 6) is 1.28. The normalized spacial score (nSPS) is 32.3. The van der Waals surface area contributed by atoms with E-state index in [-0.39, 0.29) is 29.0 Å². The van der Waals surface area contributed by atoms with E-state index in [0.717, 1.165) is 35.5 Å². The predicted molar refractivity (Wildman–Crippen MR) is 176 cm³/mol. The Morgan fingerprint density at radius 3 is 2.19 bits per heavy atom. The number of rotatable bonds is 5. The Labute approximate surface area is 258 Å². The van der Waals surface area contributed by atoms with Crippen LogP contribution in [0.1, 0.15) is 94.0 Å². The summed E-state index contributed by atoms with van der Waals surface area (Å²) in [5.41, 5.74) is 7.86. The third-order valence-corrected chi connectivity index (χ3v) is 11.8. The second-order valence-electron chi connectivity index (χ2n) is 14.9. The Balaban J connectivity index is 1.29. The summed E-state index contributed by atoms with van der Waals surface area (Å²) in [7, 11) is 0. The number of carbonyl (C=O) groups excluding carboxylic acids is 1. The van der Waals surface area contributed by atoms with Gasteiger partial charge in [-0.2, -0.15) is 0 Å². The van der Waals surface area contributed by atoms with Crippen LogP contribution in [0.25, 0.3) is 5.57 Å². The quantitative estimate of drug-likeness (QED) is 0.373. The highest BCUT2D eigenvalue weighted by molar-refractivity contribution is 6.00. The molecule has 2 aromatic carbocycles. The first-order valence-electron chi connectivity index (χ1n) is 16.2. The van der Waals surface area contributed by atoms with E-state index < -0.39 is 11.0 Å². The van der Waals surface area contributed by atoms with E-state index in [1.165, 1.54) is 66.8 Å². The summed E-state index contributed by atoms with van der Waals surface area (Å²) in [6, 6.07) is 15.6. The lowest BCUT2D eigenvalue weighted by atomic mass is 9.46. The largest absolute Gasteiger partial charge is 0.512 e. The molecule has 0 amide bonds. The monoisotopic (exact) mass is 576 g/mol. The number of Topliss-reactive ketones (excluding diaryl/α,β-unsaturated/α-hetero) is 1. The van der Waals surface area contributed by atoms with Crippen molar-refractivity contribution in [3.05, 3.63) is 111 Å². The molecular formula is C40H48O3. The molecule has 0 bridgehead atoms. The molecule has 0 spiro atoms. The van der Waals surface area contributed by atoms with Crippen molar-refractivity contribution in [1.82, 2.24) is 0 Å². The number of hydrogen-bond donors (Lipinski definition) is 2. The number of hydrogen-bond acceptors (Lipinski definition) is 3. The summed E-state index contributed by atoms with van der Waals surface area (Å²) in [4.78, 5) is 12.5. The Kier molecular flexibility index (Phi) is 7.28. The van der Waals surface area contributed by atoms with E-state index in [4.69, 9.17) is 6.58 Å². The number of carbonyl (C=O) groups is 1. The fourth-order valence-corrected chi connectivity index (χ4v) is 9.96. The van der Waals surface area contributed by atoms with Crippen molar-refractivity contribution in [2.24, 2.45) is 22.7 Å². The SMILES string of the molecule is C=C1C2=C(C)[C@@]3(O)C(=C)C(C(C)=O)=C(O)C[C@@]3(C)C[C@@]2(C)Cc2ccc(CC3CCC(Cc4ccccc4)CC3)c(C)c21. The zero-order valence-electron chi connectivity index (χ0n) is 26.8. The highest BCUT2D eigenvalue weighted by Gasteiger charge is 2.62. The van der Waals surface area contributed by atoms with Crippen molar-refractivity contribution in [3.63, 3.8) is 0 Å². The van der Waals surface area contributed by atoms with Crippen LogP contribution < -0.4 is 0 Å². The van der Waals surface area contributed by atoms with Crippen LogP contribution >= 0.6 is 0 Å². The highest BCUT2D eigenvalue weighted by Crippen LogP contribution is 2.66. The number of benzene rings is 2. The van der Waals surface area contributed by atoms with Crippen LogP contribution in [-0.4, -0.2) is 21.6 Å². The Morgan fingerprint density at radius 2 is 1.56 bits per heavy atom. The number of fused-ring (bicyclic) bond motifs is 3. The minimum Gasteiger partial charge on any atom is -0.512 e. The van der Waals surface area contributed by atoms with Gasteiger partial charge >= 0.3 is 0 Å². The zero-order chi connectivity index (χ0) is 30.9. The fourth-order valence-electron chi connectivity index (χ4n) is 9.96. The second-order valence-corrected chi connectivity index (χ2v) is 14.9. The molecule has 3 nitrogen and oxygen atoms in total. The van der Waals surface area contributed by atoms with E-state index in [1.807, 2.05) is 13.8 Å². The van der Waals surface area contributed by atoms with Gasteiger partial charge in [0.25, 0.3) is 0 Å². The molecule has 4 aliphatic carbocycles. The van der Waals surface area contributed by atoms with Gasteiger partial charge in [0.15, 0.2) is 5.78 Å². The Bertz CT molecular complexity index is 1580. The second kappa shape index (κ2) is 10.5. The smallest absolute Gasteiger partial charge is 0.163 e. The molecule has 3 atom stereocenters. The van der Waals surface area contributed by atoms with Crippen LogP contribution in [0.15, 0.2) is 83.7 Å². The molecule has 0 aliphatic heterocycles. The minimum atomic E-state index is -1.42. The van der Waals surface area contributed by atoms with Crippen LogP contribution in [0, 0.1) is 29.6 Å². The zero-order valence-corrected chi connectivity index (χ0v) is 26.8. The van der Waals surface area contributed by atoms with Gasteiger partial charge in [0.2, 0.25) is 0 Å². The molecule has 2 N–H and O–H groups in total. The van der Waals surface area contributed by atoms with Crippen LogP contribution in [-0.2, 0) is 24.1 Å². The first kappa shape index (κ1) is 29.9. The minimum absolute atomic E-state index is 0.0501. The lowest BCUT2D eigenvalue weighted by molar-refractivity contribution is -0.115. The van der Waals surface area contributed by atoms with Crippen molar-refractivity contribution in [1.29, 1.82) is 0 Å². The fraction of sp³-hybridized carbons (Fsp3) is 0.475. The summed E-state index contributed by atoms with van der Waals surface area (Å²) in [6.45, 7) is 18.9. The van der Waals surface area contributed by atoms with Gasteiger partial charge in [-0.15, -0.1) is 0 Å². The number of aliphatic hydroxyl groups excluding tert-OH is 1. The van der Waals surface area contributed by atoms with Crippen LogP contribution in [0.4, 0.5) is 0 Å². The average molecular weight is 577 g/mol. The lowest BCUT2D eigenvalue weighted by Crippen LogP contribution is -2.58.